The Morgan fingerprint density at radius 2 is 1.54 bits per heavy atom. The highest BCUT2D eigenvalue weighted by molar-refractivity contribution is 7.89. The van der Waals surface area contributed by atoms with Crippen LogP contribution in [0.4, 0.5) is 5.69 Å². The molecule has 8 heteroatoms. The predicted octanol–water partition coefficient (Wildman–Crippen LogP) is 3.41. The third-order valence-electron chi connectivity index (χ3n) is 6.47. The summed E-state index contributed by atoms with van der Waals surface area (Å²) in [6.07, 6.45) is 0. The van der Waals surface area contributed by atoms with Crippen LogP contribution in [0.1, 0.15) is 21.5 Å². The molecule has 2 aliphatic heterocycles. The van der Waals surface area contributed by atoms with Crippen LogP contribution in [0.25, 0.3) is 0 Å². The van der Waals surface area contributed by atoms with Gasteiger partial charge in [0.2, 0.25) is 10.0 Å². The maximum absolute atomic E-state index is 13.4. The molecule has 0 atom stereocenters. The van der Waals surface area contributed by atoms with Gasteiger partial charge in [-0.15, -0.1) is 0 Å². The van der Waals surface area contributed by atoms with Crippen molar-refractivity contribution in [2.45, 2.75) is 11.8 Å². The van der Waals surface area contributed by atoms with Crippen LogP contribution in [-0.2, 0) is 10.0 Å². The first kappa shape index (κ1) is 23.3. The average Bonchev–Trinajstić information content (AvgIpc) is 3.39. The second kappa shape index (κ2) is 9.64. The zero-order chi connectivity index (χ0) is 24.4. The lowest BCUT2D eigenvalue weighted by atomic mass is 10.1. The highest BCUT2D eigenvalue weighted by Gasteiger charge is 2.31. The molecule has 2 aliphatic rings. The lowest BCUT2D eigenvalue weighted by Gasteiger charge is -2.35. The standard InChI is InChI=1S/C27H28N4O3S/c1-21-10-12-22(13-11-21)26-28-14-15-31(26)27(32)23-6-5-9-25(20-23)35(33,34)30-18-16-29(17-19-30)24-7-3-2-4-8-24/h2-13,20H,14-19H2,1H3. The third-order valence-corrected chi connectivity index (χ3v) is 8.37. The van der Waals surface area contributed by atoms with Crippen molar-refractivity contribution in [3.8, 4) is 0 Å². The fourth-order valence-electron chi connectivity index (χ4n) is 4.51. The van der Waals surface area contributed by atoms with E-state index in [1.165, 1.54) is 10.4 Å². The molecule has 180 valence electrons. The Kier molecular flexibility index (Phi) is 6.40. The quantitative estimate of drug-likeness (QED) is 0.552. The van der Waals surface area contributed by atoms with Gasteiger partial charge in [0, 0.05) is 49.5 Å². The molecule has 1 saturated heterocycles. The number of sulfonamides is 1. The van der Waals surface area contributed by atoms with Gasteiger partial charge < -0.3 is 4.90 Å². The number of rotatable bonds is 5. The molecule has 0 unspecified atom stereocenters. The molecule has 0 saturated carbocycles. The van der Waals surface area contributed by atoms with Crippen molar-refractivity contribution < 1.29 is 13.2 Å². The number of benzene rings is 3. The van der Waals surface area contributed by atoms with Gasteiger partial charge in [-0.25, -0.2) is 8.42 Å². The topological polar surface area (TPSA) is 73.3 Å². The number of anilines is 1. The minimum atomic E-state index is -3.71. The Morgan fingerprint density at radius 1 is 0.829 bits per heavy atom. The van der Waals surface area contributed by atoms with E-state index in [2.05, 4.69) is 9.89 Å². The summed E-state index contributed by atoms with van der Waals surface area (Å²) in [6.45, 7) is 5.03. The van der Waals surface area contributed by atoms with Gasteiger partial charge in [-0.3, -0.25) is 14.7 Å². The summed E-state index contributed by atoms with van der Waals surface area (Å²) in [4.78, 5) is 21.9. The summed E-state index contributed by atoms with van der Waals surface area (Å²) < 4.78 is 28.3. The number of hydrogen-bond acceptors (Lipinski definition) is 5. The van der Waals surface area contributed by atoms with Crippen molar-refractivity contribution in [1.82, 2.24) is 9.21 Å². The van der Waals surface area contributed by atoms with Crippen molar-refractivity contribution in [2.24, 2.45) is 4.99 Å². The smallest absolute Gasteiger partial charge is 0.259 e. The highest BCUT2D eigenvalue weighted by atomic mass is 32.2. The van der Waals surface area contributed by atoms with Crippen LogP contribution in [-0.4, -0.2) is 68.6 Å². The number of hydrogen-bond donors (Lipinski definition) is 0. The monoisotopic (exact) mass is 488 g/mol. The largest absolute Gasteiger partial charge is 0.369 e. The summed E-state index contributed by atoms with van der Waals surface area (Å²) in [7, 11) is -3.71. The zero-order valence-corrected chi connectivity index (χ0v) is 20.5. The van der Waals surface area contributed by atoms with Crippen molar-refractivity contribution in [3.05, 3.63) is 95.6 Å². The van der Waals surface area contributed by atoms with E-state index in [4.69, 9.17) is 0 Å². The summed E-state index contributed by atoms with van der Waals surface area (Å²) in [6, 6.07) is 24.2. The Hall–Kier alpha value is -3.49. The molecule has 0 N–H and O–H groups in total. The second-order valence-electron chi connectivity index (χ2n) is 8.78. The number of piperazine rings is 1. The summed E-state index contributed by atoms with van der Waals surface area (Å²) >= 11 is 0. The summed E-state index contributed by atoms with van der Waals surface area (Å²) in [5.74, 6) is 0.382. The van der Waals surface area contributed by atoms with Crippen LogP contribution in [0, 0.1) is 6.92 Å². The number of carbonyl (C=O) groups is 1. The molecule has 0 radical (unpaired) electrons. The fraction of sp³-hybridized carbons (Fsp3) is 0.259. The van der Waals surface area contributed by atoms with Crippen molar-refractivity contribution >= 4 is 27.5 Å². The van der Waals surface area contributed by atoms with Crippen LogP contribution in [0.3, 0.4) is 0 Å². The molecule has 0 bridgehead atoms. The summed E-state index contributed by atoms with van der Waals surface area (Å²) in [5.41, 5.74) is 3.44. The zero-order valence-electron chi connectivity index (χ0n) is 19.7. The van der Waals surface area contributed by atoms with Gasteiger partial charge in [-0.2, -0.15) is 4.31 Å². The van der Waals surface area contributed by atoms with Gasteiger partial charge >= 0.3 is 0 Å². The van der Waals surface area contributed by atoms with E-state index in [0.29, 0.717) is 50.7 Å². The van der Waals surface area contributed by atoms with Gasteiger partial charge in [-0.1, -0.05) is 54.1 Å². The van der Waals surface area contributed by atoms with Crippen LogP contribution in [0.2, 0.25) is 0 Å². The van der Waals surface area contributed by atoms with E-state index in [-0.39, 0.29) is 10.8 Å². The number of aryl methyl sites for hydroxylation is 1. The molecule has 3 aromatic carbocycles. The van der Waals surface area contributed by atoms with E-state index >= 15 is 0 Å². The molecular weight excluding hydrogens is 460 g/mol. The Balaban J connectivity index is 1.32. The number of amides is 1. The SMILES string of the molecule is Cc1ccc(C2=NCCN2C(=O)c2cccc(S(=O)(=O)N3CCN(c4ccccc4)CC3)c2)cc1. The minimum absolute atomic E-state index is 0.143. The molecule has 35 heavy (non-hydrogen) atoms. The first-order valence-corrected chi connectivity index (χ1v) is 13.2. The first-order chi connectivity index (χ1) is 16.9. The molecule has 1 fully saturated rings. The predicted molar refractivity (Wildman–Crippen MR) is 137 cm³/mol. The van der Waals surface area contributed by atoms with Crippen molar-refractivity contribution in [1.29, 1.82) is 0 Å². The fourth-order valence-corrected chi connectivity index (χ4v) is 5.98. The molecule has 0 aromatic heterocycles. The van der Waals surface area contributed by atoms with Gasteiger partial charge in [0.05, 0.1) is 11.4 Å². The lowest BCUT2D eigenvalue weighted by molar-refractivity contribution is 0.0858. The number of nitrogens with zero attached hydrogens (tertiary/aromatic N) is 4. The van der Waals surface area contributed by atoms with Gasteiger partial charge in [0.1, 0.15) is 5.84 Å². The maximum atomic E-state index is 13.4. The third kappa shape index (κ3) is 4.72. The first-order valence-electron chi connectivity index (χ1n) is 11.8. The van der Waals surface area contributed by atoms with E-state index < -0.39 is 10.0 Å². The molecule has 0 spiro atoms. The molecular formula is C27H28N4O3S. The molecule has 7 nitrogen and oxygen atoms in total. The number of carbonyl (C=O) groups excluding carboxylic acids is 1. The second-order valence-corrected chi connectivity index (χ2v) is 10.7. The van der Waals surface area contributed by atoms with E-state index in [0.717, 1.165) is 16.8 Å². The van der Waals surface area contributed by atoms with E-state index in [1.807, 2.05) is 61.5 Å². The number of amidine groups is 1. The van der Waals surface area contributed by atoms with Gasteiger partial charge in [0.15, 0.2) is 0 Å². The van der Waals surface area contributed by atoms with Crippen LogP contribution in [0.5, 0.6) is 0 Å². The molecule has 1 amide bonds. The van der Waals surface area contributed by atoms with Crippen LogP contribution in [0.15, 0.2) is 88.8 Å². The van der Waals surface area contributed by atoms with E-state index in [9.17, 15) is 13.2 Å². The molecule has 0 aliphatic carbocycles. The Morgan fingerprint density at radius 3 is 2.26 bits per heavy atom. The van der Waals surface area contributed by atoms with Gasteiger partial charge in [-0.05, 0) is 37.3 Å². The normalized spacial score (nSPS) is 16.9. The maximum Gasteiger partial charge on any atom is 0.259 e. The average molecular weight is 489 g/mol. The van der Waals surface area contributed by atoms with Crippen molar-refractivity contribution in [3.63, 3.8) is 0 Å². The molecule has 3 aromatic rings. The number of aliphatic imine (C=N–C) groups is 1. The van der Waals surface area contributed by atoms with Crippen molar-refractivity contribution in [2.75, 3.05) is 44.2 Å². The molecule has 5 rings (SSSR count). The van der Waals surface area contributed by atoms with Gasteiger partial charge in [0.25, 0.3) is 5.91 Å². The lowest BCUT2D eigenvalue weighted by Crippen LogP contribution is -2.48. The molecule has 2 heterocycles. The van der Waals surface area contributed by atoms with Crippen LogP contribution >= 0.6 is 0 Å². The van der Waals surface area contributed by atoms with E-state index in [1.54, 1.807) is 23.1 Å². The Labute approximate surface area is 206 Å². The summed E-state index contributed by atoms with van der Waals surface area (Å²) in [5, 5.41) is 0. The minimum Gasteiger partial charge on any atom is -0.369 e. The Bertz CT molecular complexity index is 1350. The van der Waals surface area contributed by atoms with Crippen LogP contribution < -0.4 is 4.90 Å². The number of para-hydroxylation sites is 1. The highest BCUT2D eigenvalue weighted by Crippen LogP contribution is 2.23.